The maximum Gasteiger partial charge on any atom is 0.259 e. The smallest absolute Gasteiger partial charge is 0.259 e. The Morgan fingerprint density at radius 3 is 2.75 bits per heavy atom. The van der Waals surface area contributed by atoms with E-state index in [1.165, 1.54) is 0 Å². The van der Waals surface area contributed by atoms with Crippen molar-refractivity contribution in [2.45, 2.75) is 25.7 Å². The molecule has 0 atom stereocenters. The summed E-state index contributed by atoms with van der Waals surface area (Å²) in [6, 6.07) is 3.74. The van der Waals surface area contributed by atoms with Gasteiger partial charge in [0, 0.05) is 36.7 Å². The third kappa shape index (κ3) is 3.19. The van der Waals surface area contributed by atoms with Gasteiger partial charge in [-0.15, -0.1) is 0 Å². The first-order chi connectivity index (χ1) is 13.7. The number of carbonyl (C=O) groups excluding carboxylic acids is 1. The van der Waals surface area contributed by atoms with Crippen LogP contribution in [0.25, 0.3) is 17.3 Å². The highest BCUT2D eigenvalue weighted by Gasteiger charge is 2.29. The molecule has 0 radical (unpaired) electrons. The van der Waals surface area contributed by atoms with Gasteiger partial charge in [0.1, 0.15) is 0 Å². The van der Waals surface area contributed by atoms with Crippen LogP contribution in [-0.2, 0) is 0 Å². The Hall–Kier alpha value is -2.68. The average Bonchev–Trinajstić information content (AvgIpc) is 3.35. The number of thioether (sulfide) groups is 1. The summed E-state index contributed by atoms with van der Waals surface area (Å²) in [5.41, 5.74) is 2.19. The number of nitrogens with zero attached hydrogens (tertiary/aromatic N) is 6. The number of rotatable bonds is 4. The van der Waals surface area contributed by atoms with Crippen LogP contribution < -0.4 is 0 Å². The van der Waals surface area contributed by atoms with Gasteiger partial charge in [-0.25, -0.2) is 9.67 Å². The summed E-state index contributed by atoms with van der Waals surface area (Å²) in [7, 11) is 0. The standard InChI is InChI=1S/C19H20N6O2S/c1-12-15(19(26)24-6-8-28-9-7-24)11-21-25(12)16-5-4-14(10-20-16)18-22-17(23-27-18)13-2-3-13/h4-5,10-11,13H,2-3,6-9H2,1H3. The summed E-state index contributed by atoms with van der Waals surface area (Å²) in [4.78, 5) is 23.6. The van der Waals surface area contributed by atoms with Gasteiger partial charge in [0.05, 0.1) is 23.0 Å². The van der Waals surface area contributed by atoms with Gasteiger partial charge >= 0.3 is 0 Å². The average molecular weight is 396 g/mol. The van der Waals surface area contributed by atoms with Crippen molar-refractivity contribution in [2.24, 2.45) is 0 Å². The van der Waals surface area contributed by atoms with Crippen LogP contribution >= 0.6 is 11.8 Å². The molecule has 0 bridgehead atoms. The van der Waals surface area contributed by atoms with Crippen LogP contribution in [0.3, 0.4) is 0 Å². The normalized spacial score (nSPS) is 17.1. The summed E-state index contributed by atoms with van der Waals surface area (Å²) >= 11 is 1.88. The van der Waals surface area contributed by atoms with E-state index >= 15 is 0 Å². The summed E-state index contributed by atoms with van der Waals surface area (Å²) in [6.07, 6.45) is 5.59. The molecule has 0 spiro atoms. The van der Waals surface area contributed by atoms with Gasteiger partial charge in [-0.2, -0.15) is 21.8 Å². The Kier molecular flexibility index (Phi) is 4.38. The number of aromatic nitrogens is 5. The third-order valence-corrected chi connectivity index (χ3v) is 6.08. The fraction of sp³-hybridized carbons (Fsp3) is 0.421. The van der Waals surface area contributed by atoms with Gasteiger partial charge in [-0.3, -0.25) is 4.79 Å². The number of amides is 1. The second-order valence-electron chi connectivity index (χ2n) is 7.10. The van der Waals surface area contributed by atoms with E-state index in [0.29, 0.717) is 23.2 Å². The molecule has 4 heterocycles. The molecule has 1 aliphatic heterocycles. The van der Waals surface area contributed by atoms with Crippen molar-refractivity contribution < 1.29 is 9.32 Å². The van der Waals surface area contributed by atoms with Gasteiger partial charge in [-0.1, -0.05) is 5.16 Å². The van der Waals surface area contributed by atoms with Crippen LogP contribution in [0.1, 0.15) is 40.6 Å². The van der Waals surface area contributed by atoms with E-state index in [4.69, 9.17) is 4.52 Å². The molecule has 1 saturated heterocycles. The lowest BCUT2D eigenvalue weighted by Gasteiger charge is -2.26. The van der Waals surface area contributed by atoms with Crippen LogP contribution in [0.4, 0.5) is 0 Å². The lowest BCUT2D eigenvalue weighted by Crippen LogP contribution is -2.38. The highest BCUT2D eigenvalue weighted by Crippen LogP contribution is 2.38. The van der Waals surface area contributed by atoms with Crippen LogP contribution in [-0.4, -0.2) is 60.3 Å². The fourth-order valence-electron chi connectivity index (χ4n) is 3.28. The topological polar surface area (TPSA) is 89.9 Å². The number of pyridine rings is 1. The SMILES string of the molecule is Cc1c(C(=O)N2CCSCC2)cnn1-c1ccc(-c2nc(C3CC3)no2)cn1. The molecule has 0 N–H and O–H groups in total. The molecule has 3 aromatic rings. The second kappa shape index (κ2) is 7.05. The molecule has 1 saturated carbocycles. The Bertz CT molecular complexity index is 1000. The van der Waals surface area contributed by atoms with E-state index in [1.807, 2.05) is 35.7 Å². The zero-order valence-electron chi connectivity index (χ0n) is 15.5. The molecule has 1 amide bonds. The van der Waals surface area contributed by atoms with Gasteiger partial charge < -0.3 is 9.42 Å². The van der Waals surface area contributed by atoms with Crippen LogP contribution in [0, 0.1) is 6.92 Å². The van der Waals surface area contributed by atoms with E-state index in [1.54, 1.807) is 17.1 Å². The van der Waals surface area contributed by atoms with Gasteiger partial charge in [0.2, 0.25) is 0 Å². The van der Waals surface area contributed by atoms with Gasteiger partial charge in [0.15, 0.2) is 11.6 Å². The molecule has 1 aliphatic carbocycles. The highest BCUT2D eigenvalue weighted by atomic mass is 32.2. The molecule has 28 heavy (non-hydrogen) atoms. The maximum absolute atomic E-state index is 12.8. The van der Waals surface area contributed by atoms with E-state index in [0.717, 1.165) is 54.5 Å². The third-order valence-electron chi connectivity index (χ3n) is 5.13. The van der Waals surface area contributed by atoms with E-state index < -0.39 is 0 Å². The minimum atomic E-state index is 0.0409. The zero-order valence-corrected chi connectivity index (χ0v) is 16.4. The molecule has 144 valence electrons. The first kappa shape index (κ1) is 17.4. The predicted octanol–water partition coefficient (Wildman–Crippen LogP) is 2.69. The highest BCUT2D eigenvalue weighted by molar-refractivity contribution is 7.99. The molecular formula is C19H20N6O2S. The molecule has 5 rings (SSSR count). The van der Waals surface area contributed by atoms with Crippen LogP contribution in [0.2, 0.25) is 0 Å². The monoisotopic (exact) mass is 396 g/mol. The predicted molar refractivity (Wildman–Crippen MR) is 105 cm³/mol. The second-order valence-corrected chi connectivity index (χ2v) is 8.32. The van der Waals surface area contributed by atoms with Crippen molar-refractivity contribution in [3.8, 4) is 17.3 Å². The van der Waals surface area contributed by atoms with Crippen molar-refractivity contribution in [1.82, 2.24) is 29.8 Å². The lowest BCUT2D eigenvalue weighted by atomic mass is 10.2. The van der Waals surface area contributed by atoms with Crippen molar-refractivity contribution in [3.05, 3.63) is 41.6 Å². The largest absolute Gasteiger partial charge is 0.337 e. The minimum absolute atomic E-state index is 0.0409. The molecule has 2 fully saturated rings. The van der Waals surface area contributed by atoms with Crippen molar-refractivity contribution in [1.29, 1.82) is 0 Å². The maximum atomic E-state index is 12.8. The Morgan fingerprint density at radius 1 is 1.21 bits per heavy atom. The summed E-state index contributed by atoms with van der Waals surface area (Å²) in [5, 5.41) is 8.43. The van der Waals surface area contributed by atoms with Crippen molar-refractivity contribution in [2.75, 3.05) is 24.6 Å². The molecule has 2 aliphatic rings. The molecule has 8 nitrogen and oxygen atoms in total. The Labute approximate surface area is 166 Å². The van der Waals surface area contributed by atoms with Crippen LogP contribution in [0.15, 0.2) is 29.0 Å². The summed E-state index contributed by atoms with van der Waals surface area (Å²) in [6.45, 7) is 3.47. The molecular weight excluding hydrogens is 376 g/mol. The van der Waals surface area contributed by atoms with Gasteiger partial charge in [0.25, 0.3) is 11.8 Å². The number of carbonyl (C=O) groups is 1. The van der Waals surface area contributed by atoms with Gasteiger partial charge in [-0.05, 0) is 31.9 Å². The van der Waals surface area contributed by atoms with Crippen molar-refractivity contribution >= 4 is 17.7 Å². The first-order valence-electron chi connectivity index (χ1n) is 9.43. The Balaban J connectivity index is 1.37. The Morgan fingerprint density at radius 2 is 2.04 bits per heavy atom. The number of hydrogen-bond acceptors (Lipinski definition) is 7. The lowest BCUT2D eigenvalue weighted by molar-refractivity contribution is 0.0771. The molecule has 0 aromatic carbocycles. The van der Waals surface area contributed by atoms with E-state index in [9.17, 15) is 4.79 Å². The minimum Gasteiger partial charge on any atom is -0.337 e. The summed E-state index contributed by atoms with van der Waals surface area (Å²) < 4.78 is 7.04. The first-order valence-corrected chi connectivity index (χ1v) is 10.6. The number of hydrogen-bond donors (Lipinski definition) is 0. The summed E-state index contributed by atoms with van der Waals surface area (Å²) in [5.74, 6) is 4.37. The van der Waals surface area contributed by atoms with E-state index in [-0.39, 0.29) is 5.91 Å². The zero-order chi connectivity index (χ0) is 19.1. The fourth-order valence-corrected chi connectivity index (χ4v) is 4.19. The quantitative estimate of drug-likeness (QED) is 0.670. The van der Waals surface area contributed by atoms with Crippen molar-refractivity contribution in [3.63, 3.8) is 0 Å². The molecule has 3 aromatic heterocycles. The van der Waals surface area contributed by atoms with E-state index in [2.05, 4.69) is 20.2 Å². The molecule has 0 unspecified atom stereocenters. The van der Waals surface area contributed by atoms with Crippen LogP contribution in [0.5, 0.6) is 0 Å². The molecule has 9 heteroatoms.